The summed E-state index contributed by atoms with van der Waals surface area (Å²) in [6.45, 7) is 7.73. The zero-order chi connectivity index (χ0) is 21.3. The lowest BCUT2D eigenvalue weighted by Crippen LogP contribution is -2.07. The minimum atomic E-state index is -1.43. The van der Waals surface area contributed by atoms with E-state index in [1.54, 1.807) is 0 Å². The molecule has 0 aliphatic rings. The zero-order valence-electron chi connectivity index (χ0n) is 18.3. The Morgan fingerprint density at radius 1 is 1.04 bits per heavy atom. The normalized spacial score (nSPS) is 14.0. The quantitative estimate of drug-likeness (QED) is 0.322. The van der Waals surface area contributed by atoms with Crippen LogP contribution in [0, 0.1) is 12.3 Å². The second-order valence-corrected chi connectivity index (χ2v) is 9.20. The molecule has 0 atom stereocenters. The topological polar surface area (TPSA) is 38.9 Å². The van der Waals surface area contributed by atoms with E-state index in [0.717, 1.165) is 43.5 Å². The molecule has 0 radical (unpaired) electrons. The molecule has 1 aromatic carbocycles. The molecular weight excluding hydrogens is 364 g/mol. The van der Waals surface area contributed by atoms with Crippen LogP contribution in [0.15, 0.2) is 52.9 Å². The average Bonchev–Trinajstić information content (AvgIpc) is 3.27. The van der Waals surface area contributed by atoms with Crippen molar-refractivity contribution in [1.29, 1.82) is 0 Å². The Hall–Kier alpha value is -2.72. The SMILES string of the molecule is [2H]C([2H])(c1cc2ccc(-c3cccc4c3oc3nc(C)ccc34)nc2s1)C(C)(C)C. The van der Waals surface area contributed by atoms with Gasteiger partial charge < -0.3 is 4.42 Å². The first kappa shape index (κ1) is 15.2. The van der Waals surface area contributed by atoms with Gasteiger partial charge in [-0.05, 0) is 55.1 Å². The molecule has 0 bridgehead atoms. The van der Waals surface area contributed by atoms with E-state index in [0.29, 0.717) is 10.6 Å². The van der Waals surface area contributed by atoms with Gasteiger partial charge in [0, 0.05) is 35.0 Å². The summed E-state index contributed by atoms with van der Waals surface area (Å²) >= 11 is 1.42. The minimum absolute atomic E-state index is 0.498. The molecule has 0 N–H and O–H groups in total. The Balaban J connectivity index is 1.68. The van der Waals surface area contributed by atoms with Gasteiger partial charge in [0.25, 0.3) is 0 Å². The first-order valence-corrected chi connectivity index (χ1v) is 10.2. The van der Waals surface area contributed by atoms with Crippen molar-refractivity contribution in [3.63, 3.8) is 0 Å². The van der Waals surface area contributed by atoms with Crippen LogP contribution in [0.1, 0.15) is 34.1 Å². The Kier molecular flexibility index (Phi) is 3.34. The van der Waals surface area contributed by atoms with E-state index in [-0.39, 0.29) is 0 Å². The fraction of sp³-hybridized carbons (Fsp3) is 0.250. The summed E-state index contributed by atoms with van der Waals surface area (Å²) in [6, 6.07) is 16.0. The summed E-state index contributed by atoms with van der Waals surface area (Å²) in [4.78, 5) is 10.9. The van der Waals surface area contributed by atoms with Crippen LogP contribution in [0.4, 0.5) is 0 Å². The van der Waals surface area contributed by atoms with Gasteiger partial charge in [0.2, 0.25) is 5.71 Å². The number of hydrogen-bond donors (Lipinski definition) is 0. The molecule has 5 rings (SSSR count). The highest BCUT2D eigenvalue weighted by molar-refractivity contribution is 7.18. The Morgan fingerprint density at radius 3 is 2.71 bits per heavy atom. The van der Waals surface area contributed by atoms with E-state index in [1.165, 1.54) is 11.3 Å². The van der Waals surface area contributed by atoms with Crippen molar-refractivity contribution < 1.29 is 7.16 Å². The van der Waals surface area contributed by atoms with Gasteiger partial charge in [-0.1, -0.05) is 32.9 Å². The third-order valence-electron chi connectivity index (χ3n) is 4.66. The highest BCUT2D eigenvalue weighted by Gasteiger charge is 2.16. The smallest absolute Gasteiger partial charge is 0.227 e. The zero-order valence-corrected chi connectivity index (χ0v) is 17.1. The van der Waals surface area contributed by atoms with Crippen LogP contribution in [-0.4, -0.2) is 9.97 Å². The van der Waals surface area contributed by atoms with Crippen molar-refractivity contribution in [3.05, 3.63) is 59.1 Å². The number of furan rings is 1. The van der Waals surface area contributed by atoms with E-state index >= 15 is 0 Å². The third-order valence-corrected chi connectivity index (χ3v) is 5.62. The standard InChI is InChI=1S/C24H22N2OS/c1-14-8-10-18-17-6-5-7-19(21(17)27-22(18)25-14)20-11-9-15-12-16(13-24(2,3)4)28-23(15)26-20/h5-12H,13H2,1-4H3/i13D2. The van der Waals surface area contributed by atoms with Gasteiger partial charge in [-0.3, -0.25) is 0 Å². The maximum atomic E-state index is 8.58. The van der Waals surface area contributed by atoms with Gasteiger partial charge in [0.05, 0.1) is 5.69 Å². The molecule has 0 saturated heterocycles. The van der Waals surface area contributed by atoms with Crippen LogP contribution in [0.3, 0.4) is 0 Å². The van der Waals surface area contributed by atoms with Crippen molar-refractivity contribution in [2.24, 2.45) is 5.41 Å². The maximum Gasteiger partial charge on any atom is 0.227 e. The molecule has 0 unspecified atom stereocenters. The van der Waals surface area contributed by atoms with E-state index in [2.05, 4.69) is 4.98 Å². The van der Waals surface area contributed by atoms with Crippen LogP contribution >= 0.6 is 11.3 Å². The molecule has 0 aliphatic carbocycles. The predicted molar refractivity (Wildman–Crippen MR) is 118 cm³/mol. The Labute approximate surface area is 170 Å². The molecule has 4 heteroatoms. The van der Waals surface area contributed by atoms with Gasteiger partial charge in [0.15, 0.2) is 0 Å². The number of fused-ring (bicyclic) bond motifs is 4. The number of pyridine rings is 2. The van der Waals surface area contributed by atoms with Gasteiger partial charge >= 0.3 is 0 Å². The largest absolute Gasteiger partial charge is 0.437 e. The van der Waals surface area contributed by atoms with Gasteiger partial charge in [0.1, 0.15) is 10.4 Å². The molecule has 0 amide bonds. The second kappa shape index (κ2) is 6.14. The average molecular weight is 389 g/mol. The number of aromatic nitrogens is 2. The summed E-state index contributed by atoms with van der Waals surface area (Å²) in [5, 5.41) is 2.98. The summed E-state index contributed by atoms with van der Waals surface area (Å²) in [5.74, 6) is 0. The Bertz CT molecular complexity index is 1430. The summed E-state index contributed by atoms with van der Waals surface area (Å²) in [5.41, 5.74) is 3.56. The van der Waals surface area contributed by atoms with Crippen molar-refractivity contribution in [2.45, 2.75) is 34.1 Å². The minimum Gasteiger partial charge on any atom is -0.437 e. The number of thiophene rings is 1. The molecule has 0 spiro atoms. The lowest BCUT2D eigenvalue weighted by atomic mass is 9.91. The molecule has 140 valence electrons. The van der Waals surface area contributed by atoms with Crippen LogP contribution in [-0.2, 0) is 6.37 Å². The molecular formula is C24H22N2OS. The van der Waals surface area contributed by atoms with Gasteiger partial charge in [-0.15, -0.1) is 11.3 Å². The summed E-state index contributed by atoms with van der Waals surface area (Å²) in [6.07, 6.45) is -1.43. The van der Waals surface area contributed by atoms with Gasteiger partial charge in [-0.25, -0.2) is 9.97 Å². The summed E-state index contributed by atoms with van der Waals surface area (Å²) in [7, 11) is 0. The van der Waals surface area contributed by atoms with Gasteiger partial charge in [-0.2, -0.15) is 0 Å². The van der Waals surface area contributed by atoms with E-state index in [1.807, 2.05) is 76.2 Å². The molecule has 0 aliphatic heterocycles. The molecule has 4 aromatic heterocycles. The van der Waals surface area contributed by atoms with E-state index in [9.17, 15) is 0 Å². The van der Waals surface area contributed by atoms with Crippen molar-refractivity contribution in [1.82, 2.24) is 9.97 Å². The van der Waals surface area contributed by atoms with Crippen molar-refractivity contribution >= 4 is 43.6 Å². The van der Waals surface area contributed by atoms with E-state index in [4.69, 9.17) is 12.1 Å². The monoisotopic (exact) mass is 388 g/mol. The molecule has 5 aromatic rings. The number of aryl methyl sites for hydroxylation is 1. The number of para-hydroxylation sites is 1. The maximum absolute atomic E-state index is 8.58. The van der Waals surface area contributed by atoms with Crippen LogP contribution in [0.2, 0.25) is 0 Å². The highest BCUT2D eigenvalue weighted by atomic mass is 32.1. The van der Waals surface area contributed by atoms with Crippen LogP contribution in [0.25, 0.3) is 43.5 Å². The first-order chi connectivity index (χ1) is 14.1. The molecule has 0 fully saturated rings. The molecule has 0 saturated carbocycles. The number of hydrogen-bond acceptors (Lipinski definition) is 4. The second-order valence-electron chi connectivity index (χ2n) is 8.17. The lowest BCUT2D eigenvalue weighted by molar-refractivity contribution is 0.415. The van der Waals surface area contributed by atoms with E-state index < -0.39 is 11.8 Å². The first-order valence-electron chi connectivity index (χ1n) is 10.4. The van der Waals surface area contributed by atoms with Crippen LogP contribution in [0.5, 0.6) is 0 Å². The number of nitrogens with zero attached hydrogens (tertiary/aromatic N) is 2. The number of benzene rings is 1. The summed E-state index contributed by atoms with van der Waals surface area (Å²) < 4.78 is 23.3. The van der Waals surface area contributed by atoms with Crippen LogP contribution < -0.4 is 0 Å². The third kappa shape index (κ3) is 2.98. The lowest BCUT2D eigenvalue weighted by Gasteiger charge is -2.15. The highest BCUT2D eigenvalue weighted by Crippen LogP contribution is 2.36. The molecule has 4 heterocycles. The van der Waals surface area contributed by atoms with Crippen molar-refractivity contribution in [3.8, 4) is 11.3 Å². The molecule has 3 nitrogen and oxygen atoms in total. The fourth-order valence-corrected chi connectivity index (χ4v) is 4.61. The van der Waals surface area contributed by atoms with Crippen molar-refractivity contribution in [2.75, 3.05) is 0 Å². The Morgan fingerprint density at radius 2 is 1.89 bits per heavy atom. The predicted octanol–water partition coefficient (Wildman–Crippen LogP) is 7.15. The molecule has 28 heavy (non-hydrogen) atoms. The number of rotatable bonds is 2. The fourth-order valence-electron chi connectivity index (χ4n) is 3.47.